The van der Waals surface area contributed by atoms with E-state index < -0.39 is 17.6 Å². The van der Waals surface area contributed by atoms with Crippen LogP contribution in [-0.2, 0) is 6.18 Å². The van der Waals surface area contributed by atoms with Gasteiger partial charge in [-0.15, -0.1) is 0 Å². The highest BCUT2D eigenvalue weighted by molar-refractivity contribution is 6.33. The standard InChI is InChI=1S/C17H11Cl2F4N5/c1-9-13(15(19)28(27-9)12-4-2-11(20)3-5-12)8-25-26-16-14(18)6-10(7-24-16)17(21,22)23/h2-8H,1H3,(H,24,26). The van der Waals surface area contributed by atoms with E-state index in [9.17, 15) is 17.6 Å². The number of nitrogens with zero attached hydrogens (tertiary/aromatic N) is 4. The molecule has 1 aromatic carbocycles. The zero-order valence-corrected chi connectivity index (χ0v) is 15.6. The molecule has 3 rings (SSSR count). The van der Waals surface area contributed by atoms with Crippen LogP contribution in [-0.4, -0.2) is 21.0 Å². The van der Waals surface area contributed by atoms with Gasteiger partial charge in [-0.2, -0.15) is 23.4 Å². The molecule has 28 heavy (non-hydrogen) atoms. The number of aromatic nitrogens is 3. The van der Waals surface area contributed by atoms with Crippen molar-refractivity contribution in [1.29, 1.82) is 0 Å². The number of benzene rings is 1. The van der Waals surface area contributed by atoms with Crippen molar-refractivity contribution in [3.8, 4) is 5.69 Å². The van der Waals surface area contributed by atoms with Crippen LogP contribution in [0, 0.1) is 12.7 Å². The van der Waals surface area contributed by atoms with Gasteiger partial charge in [-0.05, 0) is 37.3 Å². The Hall–Kier alpha value is -2.65. The molecule has 2 heterocycles. The first-order valence-corrected chi connectivity index (χ1v) is 8.45. The molecule has 0 saturated heterocycles. The van der Waals surface area contributed by atoms with Crippen molar-refractivity contribution in [2.75, 3.05) is 5.43 Å². The predicted octanol–water partition coefficient (Wildman–Crippen LogP) is 5.49. The Morgan fingerprint density at radius 3 is 2.46 bits per heavy atom. The van der Waals surface area contributed by atoms with E-state index in [0.717, 1.165) is 6.07 Å². The number of hydrazone groups is 1. The Morgan fingerprint density at radius 1 is 1.18 bits per heavy atom. The number of anilines is 1. The Kier molecular flexibility index (Phi) is 5.57. The van der Waals surface area contributed by atoms with Crippen molar-refractivity contribution < 1.29 is 17.6 Å². The Labute approximate surface area is 166 Å². The fourth-order valence-corrected chi connectivity index (χ4v) is 2.77. The second-order valence-corrected chi connectivity index (χ2v) is 6.37. The molecule has 0 spiro atoms. The van der Waals surface area contributed by atoms with Gasteiger partial charge in [0, 0.05) is 6.20 Å². The van der Waals surface area contributed by atoms with Crippen LogP contribution in [0.15, 0.2) is 41.6 Å². The van der Waals surface area contributed by atoms with Crippen LogP contribution in [0.2, 0.25) is 10.2 Å². The molecule has 0 bridgehead atoms. The Morgan fingerprint density at radius 2 is 1.86 bits per heavy atom. The second-order valence-electron chi connectivity index (χ2n) is 5.60. The molecule has 3 aromatic rings. The van der Waals surface area contributed by atoms with Gasteiger partial charge in [0.2, 0.25) is 0 Å². The van der Waals surface area contributed by atoms with E-state index in [1.807, 2.05) is 0 Å². The van der Waals surface area contributed by atoms with E-state index in [2.05, 4.69) is 20.6 Å². The molecule has 0 fully saturated rings. The van der Waals surface area contributed by atoms with Gasteiger partial charge in [0.1, 0.15) is 11.0 Å². The molecule has 2 aromatic heterocycles. The van der Waals surface area contributed by atoms with Crippen molar-refractivity contribution in [1.82, 2.24) is 14.8 Å². The normalized spacial score (nSPS) is 12.0. The number of hydrogen-bond donors (Lipinski definition) is 1. The van der Waals surface area contributed by atoms with Gasteiger partial charge in [-0.3, -0.25) is 5.43 Å². The largest absolute Gasteiger partial charge is 0.417 e. The minimum absolute atomic E-state index is 0.0504. The summed E-state index contributed by atoms with van der Waals surface area (Å²) in [7, 11) is 0. The third-order valence-electron chi connectivity index (χ3n) is 3.65. The van der Waals surface area contributed by atoms with Gasteiger partial charge in [0.05, 0.1) is 33.7 Å². The Bertz CT molecular complexity index is 1030. The minimum atomic E-state index is -4.54. The summed E-state index contributed by atoms with van der Waals surface area (Å²) in [5, 5.41) is 8.16. The molecule has 0 aliphatic rings. The summed E-state index contributed by atoms with van der Waals surface area (Å²) in [6.45, 7) is 1.69. The lowest BCUT2D eigenvalue weighted by Crippen LogP contribution is -2.06. The average molecular weight is 432 g/mol. The number of halogens is 6. The summed E-state index contributed by atoms with van der Waals surface area (Å²) in [6, 6.07) is 6.32. The Balaban J connectivity index is 1.81. The summed E-state index contributed by atoms with van der Waals surface area (Å²) in [5.41, 5.74) is 3.04. The second kappa shape index (κ2) is 7.76. The van der Waals surface area contributed by atoms with E-state index >= 15 is 0 Å². The number of hydrogen-bond acceptors (Lipinski definition) is 4. The molecule has 0 atom stereocenters. The number of aryl methyl sites for hydroxylation is 1. The first kappa shape index (κ1) is 20.1. The third-order valence-corrected chi connectivity index (χ3v) is 4.30. The van der Waals surface area contributed by atoms with Crippen LogP contribution in [0.4, 0.5) is 23.4 Å². The first-order chi connectivity index (χ1) is 13.2. The van der Waals surface area contributed by atoms with E-state index in [1.165, 1.54) is 35.2 Å². The van der Waals surface area contributed by atoms with Crippen LogP contribution < -0.4 is 5.43 Å². The van der Waals surface area contributed by atoms with Gasteiger partial charge < -0.3 is 0 Å². The van der Waals surface area contributed by atoms with Crippen molar-refractivity contribution >= 4 is 35.2 Å². The molecule has 146 valence electrons. The number of rotatable bonds is 4. The van der Waals surface area contributed by atoms with Crippen LogP contribution >= 0.6 is 23.2 Å². The lowest BCUT2D eigenvalue weighted by Gasteiger charge is -2.08. The van der Waals surface area contributed by atoms with Crippen LogP contribution in [0.3, 0.4) is 0 Å². The van der Waals surface area contributed by atoms with Crippen LogP contribution in [0.25, 0.3) is 5.69 Å². The van der Waals surface area contributed by atoms with Crippen molar-refractivity contribution in [3.63, 3.8) is 0 Å². The van der Waals surface area contributed by atoms with E-state index in [4.69, 9.17) is 23.2 Å². The molecule has 0 unspecified atom stereocenters. The minimum Gasteiger partial charge on any atom is -0.260 e. The van der Waals surface area contributed by atoms with Crippen molar-refractivity contribution in [2.24, 2.45) is 5.10 Å². The fraction of sp³-hybridized carbons (Fsp3) is 0.118. The van der Waals surface area contributed by atoms with Crippen LogP contribution in [0.1, 0.15) is 16.8 Å². The summed E-state index contributed by atoms with van der Waals surface area (Å²) in [5.74, 6) is -0.443. The smallest absolute Gasteiger partial charge is 0.260 e. The molecule has 0 saturated carbocycles. The number of pyridine rings is 1. The molecule has 11 heteroatoms. The molecule has 5 nitrogen and oxygen atoms in total. The maximum Gasteiger partial charge on any atom is 0.417 e. The van der Waals surface area contributed by atoms with Crippen LogP contribution in [0.5, 0.6) is 0 Å². The zero-order valence-electron chi connectivity index (χ0n) is 14.1. The SMILES string of the molecule is Cc1nn(-c2ccc(F)cc2)c(Cl)c1C=NNc1ncc(C(F)(F)F)cc1Cl. The molecular formula is C17H11Cl2F4N5. The number of alkyl halides is 3. The summed E-state index contributed by atoms with van der Waals surface area (Å²) in [6.07, 6.45) is -2.56. The molecule has 0 amide bonds. The summed E-state index contributed by atoms with van der Waals surface area (Å²) in [4.78, 5) is 3.62. The lowest BCUT2D eigenvalue weighted by molar-refractivity contribution is -0.137. The van der Waals surface area contributed by atoms with Gasteiger partial charge in [0.15, 0.2) is 5.82 Å². The van der Waals surface area contributed by atoms with E-state index in [-0.39, 0.29) is 16.0 Å². The van der Waals surface area contributed by atoms with Crippen molar-refractivity contribution in [2.45, 2.75) is 13.1 Å². The highest BCUT2D eigenvalue weighted by atomic mass is 35.5. The monoisotopic (exact) mass is 431 g/mol. The maximum atomic E-state index is 13.1. The van der Waals surface area contributed by atoms with Gasteiger partial charge >= 0.3 is 6.18 Å². The van der Waals surface area contributed by atoms with Gasteiger partial charge in [-0.25, -0.2) is 14.1 Å². The third kappa shape index (κ3) is 4.26. The van der Waals surface area contributed by atoms with Gasteiger partial charge in [-0.1, -0.05) is 23.2 Å². The summed E-state index contributed by atoms with van der Waals surface area (Å²) >= 11 is 12.1. The number of nitrogens with one attached hydrogen (secondary N) is 1. The zero-order chi connectivity index (χ0) is 20.5. The fourth-order valence-electron chi connectivity index (χ4n) is 2.24. The highest BCUT2D eigenvalue weighted by Crippen LogP contribution is 2.32. The molecule has 0 aliphatic heterocycles. The van der Waals surface area contributed by atoms with Gasteiger partial charge in [0.25, 0.3) is 0 Å². The molecule has 0 radical (unpaired) electrons. The predicted molar refractivity (Wildman–Crippen MR) is 98.7 cm³/mol. The topological polar surface area (TPSA) is 55.1 Å². The molecular weight excluding hydrogens is 421 g/mol. The first-order valence-electron chi connectivity index (χ1n) is 7.69. The van der Waals surface area contributed by atoms with E-state index in [0.29, 0.717) is 23.1 Å². The molecule has 0 aliphatic carbocycles. The summed E-state index contributed by atoms with van der Waals surface area (Å²) < 4.78 is 52.4. The quantitative estimate of drug-likeness (QED) is 0.337. The molecule has 1 N–H and O–H groups in total. The average Bonchev–Trinajstić information content (AvgIpc) is 2.91. The van der Waals surface area contributed by atoms with E-state index in [1.54, 1.807) is 6.92 Å². The highest BCUT2D eigenvalue weighted by Gasteiger charge is 2.31. The maximum absolute atomic E-state index is 13.1. The lowest BCUT2D eigenvalue weighted by atomic mass is 10.3. The van der Waals surface area contributed by atoms with Crippen molar-refractivity contribution in [3.05, 3.63) is 69.3 Å².